The molecule has 1 N–H and O–H groups in total. The molecule has 1 aliphatic heterocycles. The minimum absolute atomic E-state index is 0.170. The van der Waals surface area contributed by atoms with E-state index >= 15 is 0 Å². The largest absolute Gasteiger partial charge is 0.481 e. The molecule has 4 unspecified atom stereocenters. The van der Waals surface area contributed by atoms with E-state index in [1.807, 2.05) is 6.92 Å². The Morgan fingerprint density at radius 3 is 2.53 bits per heavy atom. The van der Waals surface area contributed by atoms with E-state index in [9.17, 15) is 4.79 Å². The molecule has 0 bridgehead atoms. The van der Waals surface area contributed by atoms with Crippen molar-refractivity contribution >= 4 is 5.97 Å². The van der Waals surface area contributed by atoms with Crippen LogP contribution in [0, 0.1) is 11.8 Å². The predicted molar refractivity (Wildman–Crippen MR) is 60.8 cm³/mol. The summed E-state index contributed by atoms with van der Waals surface area (Å²) in [5, 5.41) is 9.05. The zero-order valence-corrected chi connectivity index (χ0v) is 10.2. The lowest BCUT2D eigenvalue weighted by molar-refractivity contribution is -0.142. The summed E-state index contributed by atoms with van der Waals surface area (Å²) in [7, 11) is 0. The molecule has 88 valence electrons. The molecule has 0 aliphatic carbocycles. The van der Waals surface area contributed by atoms with Gasteiger partial charge in [0, 0.05) is 12.1 Å². The van der Waals surface area contributed by atoms with Crippen molar-refractivity contribution in [3.63, 3.8) is 0 Å². The number of carbonyl (C=O) groups is 1. The van der Waals surface area contributed by atoms with E-state index in [2.05, 4.69) is 25.7 Å². The molecule has 1 aliphatic rings. The maximum absolute atomic E-state index is 11.0. The Morgan fingerprint density at radius 1 is 1.53 bits per heavy atom. The first-order valence-electron chi connectivity index (χ1n) is 5.97. The normalized spacial score (nSPS) is 31.5. The van der Waals surface area contributed by atoms with E-state index in [-0.39, 0.29) is 12.0 Å². The minimum Gasteiger partial charge on any atom is -0.481 e. The van der Waals surface area contributed by atoms with Crippen LogP contribution in [0.25, 0.3) is 0 Å². The zero-order valence-electron chi connectivity index (χ0n) is 10.2. The molecule has 0 aromatic heterocycles. The fraction of sp³-hybridized carbons (Fsp3) is 0.917. The SMILES string of the molecule is CCC(C)C(C)N1CCC(C(=O)O)C1C. The molecule has 0 aromatic rings. The summed E-state index contributed by atoms with van der Waals surface area (Å²) in [4.78, 5) is 13.3. The van der Waals surface area contributed by atoms with Gasteiger partial charge in [-0.15, -0.1) is 0 Å². The highest BCUT2D eigenvalue weighted by Gasteiger charge is 2.38. The number of nitrogens with zero attached hydrogens (tertiary/aromatic N) is 1. The predicted octanol–water partition coefficient (Wildman–Crippen LogP) is 2.22. The maximum atomic E-state index is 11.0. The monoisotopic (exact) mass is 213 g/mol. The first-order valence-corrected chi connectivity index (χ1v) is 5.97. The summed E-state index contributed by atoms with van der Waals surface area (Å²) in [6, 6.07) is 0.681. The summed E-state index contributed by atoms with van der Waals surface area (Å²) in [5.41, 5.74) is 0. The van der Waals surface area contributed by atoms with Crippen LogP contribution in [0.4, 0.5) is 0 Å². The van der Waals surface area contributed by atoms with Crippen LogP contribution in [0.1, 0.15) is 40.5 Å². The highest BCUT2D eigenvalue weighted by atomic mass is 16.4. The molecule has 0 aromatic carbocycles. The molecule has 1 heterocycles. The van der Waals surface area contributed by atoms with E-state index < -0.39 is 5.97 Å². The third kappa shape index (κ3) is 2.51. The van der Waals surface area contributed by atoms with Crippen LogP contribution in [-0.2, 0) is 4.79 Å². The minimum atomic E-state index is -0.638. The van der Waals surface area contributed by atoms with Gasteiger partial charge in [0.05, 0.1) is 5.92 Å². The van der Waals surface area contributed by atoms with E-state index in [1.54, 1.807) is 0 Å². The van der Waals surface area contributed by atoms with Gasteiger partial charge in [0.1, 0.15) is 0 Å². The quantitative estimate of drug-likeness (QED) is 0.778. The van der Waals surface area contributed by atoms with Gasteiger partial charge < -0.3 is 5.11 Å². The second-order valence-electron chi connectivity index (χ2n) is 4.84. The van der Waals surface area contributed by atoms with Gasteiger partial charge in [0.2, 0.25) is 0 Å². The molecule has 1 saturated heterocycles. The Bertz CT molecular complexity index is 230. The number of carboxylic acid groups (broad SMARTS) is 1. The lowest BCUT2D eigenvalue weighted by atomic mass is 9.97. The molecule has 0 amide bonds. The fourth-order valence-electron chi connectivity index (χ4n) is 2.54. The summed E-state index contributed by atoms with van der Waals surface area (Å²) in [5.74, 6) is -0.169. The van der Waals surface area contributed by atoms with Crippen LogP contribution in [0.15, 0.2) is 0 Å². The topological polar surface area (TPSA) is 40.5 Å². The smallest absolute Gasteiger partial charge is 0.308 e. The van der Waals surface area contributed by atoms with Crippen LogP contribution >= 0.6 is 0 Å². The third-order valence-corrected chi connectivity index (χ3v) is 4.11. The number of likely N-dealkylation sites (tertiary alicyclic amines) is 1. The van der Waals surface area contributed by atoms with Gasteiger partial charge in [-0.2, -0.15) is 0 Å². The first kappa shape index (κ1) is 12.5. The van der Waals surface area contributed by atoms with Crippen LogP contribution in [0.2, 0.25) is 0 Å². The third-order valence-electron chi connectivity index (χ3n) is 4.11. The summed E-state index contributed by atoms with van der Waals surface area (Å²) in [6.45, 7) is 9.63. The number of hydrogen-bond acceptors (Lipinski definition) is 2. The first-order chi connectivity index (χ1) is 6.99. The molecule has 0 spiro atoms. The number of rotatable bonds is 4. The van der Waals surface area contributed by atoms with Crippen molar-refractivity contribution in [1.82, 2.24) is 4.90 Å². The van der Waals surface area contributed by atoms with Crippen molar-refractivity contribution in [2.75, 3.05) is 6.54 Å². The summed E-state index contributed by atoms with van der Waals surface area (Å²) >= 11 is 0. The van der Waals surface area contributed by atoms with E-state index in [1.165, 1.54) is 0 Å². The zero-order chi connectivity index (χ0) is 11.6. The van der Waals surface area contributed by atoms with Crippen molar-refractivity contribution in [2.45, 2.75) is 52.6 Å². The molecular weight excluding hydrogens is 190 g/mol. The van der Waals surface area contributed by atoms with Crippen molar-refractivity contribution in [1.29, 1.82) is 0 Å². The van der Waals surface area contributed by atoms with Gasteiger partial charge in [0.15, 0.2) is 0 Å². The van der Waals surface area contributed by atoms with Crippen molar-refractivity contribution in [2.24, 2.45) is 11.8 Å². The maximum Gasteiger partial charge on any atom is 0.308 e. The van der Waals surface area contributed by atoms with Crippen molar-refractivity contribution in [3.8, 4) is 0 Å². The molecular formula is C12H23NO2. The van der Waals surface area contributed by atoms with Crippen molar-refractivity contribution < 1.29 is 9.90 Å². The van der Waals surface area contributed by atoms with Gasteiger partial charge in [-0.3, -0.25) is 9.69 Å². The average Bonchev–Trinajstić information content (AvgIpc) is 2.57. The molecule has 15 heavy (non-hydrogen) atoms. The van der Waals surface area contributed by atoms with Gasteiger partial charge in [-0.25, -0.2) is 0 Å². The van der Waals surface area contributed by atoms with Gasteiger partial charge in [-0.1, -0.05) is 20.3 Å². The molecule has 0 saturated carbocycles. The Balaban J connectivity index is 2.62. The second kappa shape index (κ2) is 4.97. The second-order valence-corrected chi connectivity index (χ2v) is 4.84. The lowest BCUT2D eigenvalue weighted by Gasteiger charge is -2.33. The summed E-state index contributed by atoms with van der Waals surface area (Å²) < 4.78 is 0. The number of carboxylic acids is 1. The van der Waals surface area contributed by atoms with Gasteiger partial charge in [0.25, 0.3) is 0 Å². The standard InChI is InChI=1S/C12H23NO2/c1-5-8(2)9(3)13-7-6-11(10(13)4)12(14)15/h8-11H,5-7H2,1-4H3,(H,14,15). The van der Waals surface area contributed by atoms with Gasteiger partial charge >= 0.3 is 5.97 Å². The Kier molecular flexibility index (Phi) is 4.14. The Morgan fingerprint density at radius 2 is 2.13 bits per heavy atom. The molecule has 4 atom stereocenters. The van der Waals surface area contributed by atoms with Crippen LogP contribution < -0.4 is 0 Å². The molecule has 1 fully saturated rings. The van der Waals surface area contributed by atoms with Gasteiger partial charge in [-0.05, 0) is 32.7 Å². The highest BCUT2D eigenvalue weighted by molar-refractivity contribution is 5.71. The number of aliphatic carboxylic acids is 1. The van der Waals surface area contributed by atoms with E-state index in [0.717, 1.165) is 19.4 Å². The van der Waals surface area contributed by atoms with Crippen LogP contribution in [-0.4, -0.2) is 34.6 Å². The number of hydrogen-bond donors (Lipinski definition) is 1. The van der Waals surface area contributed by atoms with Crippen LogP contribution in [0.5, 0.6) is 0 Å². The fourth-order valence-corrected chi connectivity index (χ4v) is 2.54. The van der Waals surface area contributed by atoms with E-state index in [4.69, 9.17) is 5.11 Å². The Labute approximate surface area is 92.5 Å². The lowest BCUT2D eigenvalue weighted by Crippen LogP contribution is -2.42. The summed E-state index contributed by atoms with van der Waals surface area (Å²) in [6.07, 6.45) is 1.96. The average molecular weight is 213 g/mol. The molecule has 1 rings (SSSR count). The Hall–Kier alpha value is -0.570. The molecule has 0 radical (unpaired) electrons. The highest BCUT2D eigenvalue weighted by Crippen LogP contribution is 2.29. The molecule has 3 heteroatoms. The van der Waals surface area contributed by atoms with E-state index in [0.29, 0.717) is 12.0 Å². The van der Waals surface area contributed by atoms with Crippen LogP contribution in [0.3, 0.4) is 0 Å². The van der Waals surface area contributed by atoms with Crippen molar-refractivity contribution in [3.05, 3.63) is 0 Å². The molecule has 3 nitrogen and oxygen atoms in total.